The summed E-state index contributed by atoms with van der Waals surface area (Å²) in [5.41, 5.74) is 0.721. The fourth-order valence-electron chi connectivity index (χ4n) is 1.76. The SMILES string of the molecule is COC(=O)C1NS(=O)(=O)c2cc(C)ccc2C1=O. The first kappa shape index (κ1) is 12.7. The zero-order valence-electron chi connectivity index (χ0n) is 9.76. The molecule has 96 valence electrons. The van der Waals surface area contributed by atoms with Crippen molar-refractivity contribution in [3.8, 4) is 0 Å². The molecule has 0 bridgehead atoms. The Labute approximate surface area is 104 Å². The van der Waals surface area contributed by atoms with E-state index in [4.69, 9.17) is 0 Å². The van der Waals surface area contributed by atoms with E-state index < -0.39 is 27.8 Å². The van der Waals surface area contributed by atoms with Gasteiger partial charge < -0.3 is 4.74 Å². The van der Waals surface area contributed by atoms with Crippen molar-refractivity contribution in [1.82, 2.24) is 4.72 Å². The number of benzene rings is 1. The molecule has 0 saturated carbocycles. The molecule has 2 rings (SSSR count). The third-order valence-electron chi connectivity index (χ3n) is 2.66. The van der Waals surface area contributed by atoms with Crippen molar-refractivity contribution in [2.45, 2.75) is 17.9 Å². The molecule has 1 aromatic carbocycles. The zero-order chi connectivity index (χ0) is 13.5. The first-order valence-corrected chi connectivity index (χ1v) is 6.60. The third kappa shape index (κ3) is 1.91. The lowest BCUT2D eigenvalue weighted by Gasteiger charge is -2.23. The molecule has 6 nitrogen and oxygen atoms in total. The van der Waals surface area contributed by atoms with Gasteiger partial charge in [0.2, 0.25) is 10.0 Å². The molecule has 0 fully saturated rings. The second kappa shape index (κ2) is 4.18. The molecule has 0 radical (unpaired) electrons. The van der Waals surface area contributed by atoms with Gasteiger partial charge in [-0.25, -0.2) is 13.2 Å². The van der Waals surface area contributed by atoms with Gasteiger partial charge in [-0.3, -0.25) is 4.79 Å². The van der Waals surface area contributed by atoms with E-state index in [-0.39, 0.29) is 10.5 Å². The predicted molar refractivity (Wildman–Crippen MR) is 61.6 cm³/mol. The number of esters is 1. The molecule has 1 unspecified atom stereocenters. The van der Waals surface area contributed by atoms with Crippen molar-refractivity contribution in [1.29, 1.82) is 0 Å². The lowest BCUT2D eigenvalue weighted by atomic mass is 10.0. The van der Waals surface area contributed by atoms with E-state index in [0.717, 1.165) is 7.11 Å². The Morgan fingerprint density at radius 3 is 2.67 bits per heavy atom. The average molecular weight is 269 g/mol. The normalized spacial score (nSPS) is 21.2. The fourth-order valence-corrected chi connectivity index (χ4v) is 3.20. The highest BCUT2D eigenvalue weighted by atomic mass is 32.2. The van der Waals surface area contributed by atoms with Crippen LogP contribution in [-0.4, -0.2) is 33.3 Å². The van der Waals surface area contributed by atoms with Gasteiger partial charge >= 0.3 is 5.97 Å². The Hall–Kier alpha value is -1.73. The van der Waals surface area contributed by atoms with Crippen molar-refractivity contribution in [2.75, 3.05) is 7.11 Å². The number of ether oxygens (including phenoxy) is 1. The highest BCUT2D eigenvalue weighted by molar-refractivity contribution is 7.89. The summed E-state index contributed by atoms with van der Waals surface area (Å²) in [6.07, 6.45) is 0. The van der Waals surface area contributed by atoms with Crippen LogP contribution in [0.4, 0.5) is 0 Å². The molecule has 0 saturated heterocycles. The van der Waals surface area contributed by atoms with Crippen LogP contribution in [0.2, 0.25) is 0 Å². The minimum atomic E-state index is -3.87. The molecular formula is C11H11NO5S. The highest BCUT2D eigenvalue weighted by Gasteiger charge is 2.40. The summed E-state index contributed by atoms with van der Waals surface area (Å²) < 4.78 is 30.3. The summed E-state index contributed by atoms with van der Waals surface area (Å²) in [6.45, 7) is 1.71. The van der Waals surface area contributed by atoms with Crippen LogP contribution in [0, 0.1) is 6.92 Å². The zero-order valence-corrected chi connectivity index (χ0v) is 10.6. The minimum absolute atomic E-state index is 0.00903. The highest BCUT2D eigenvalue weighted by Crippen LogP contribution is 2.24. The van der Waals surface area contributed by atoms with Gasteiger partial charge in [-0.15, -0.1) is 0 Å². The molecule has 7 heteroatoms. The van der Waals surface area contributed by atoms with Gasteiger partial charge in [-0.2, -0.15) is 4.72 Å². The number of Topliss-reactive ketones (excluding diaryl/α,β-unsaturated/α-hetero) is 1. The minimum Gasteiger partial charge on any atom is -0.467 e. The van der Waals surface area contributed by atoms with Gasteiger partial charge in [0.05, 0.1) is 12.0 Å². The van der Waals surface area contributed by atoms with Crippen LogP contribution < -0.4 is 4.72 Å². The molecule has 1 N–H and O–H groups in total. The fraction of sp³-hybridized carbons (Fsp3) is 0.273. The maximum Gasteiger partial charge on any atom is 0.332 e. The van der Waals surface area contributed by atoms with Crippen LogP contribution in [0.5, 0.6) is 0 Å². The standard InChI is InChI=1S/C11H11NO5S/c1-6-3-4-7-8(5-6)18(15,16)12-9(10(7)13)11(14)17-2/h3-5,9,12H,1-2H3. The summed E-state index contributed by atoms with van der Waals surface area (Å²) in [7, 11) is -2.78. The van der Waals surface area contributed by atoms with Gasteiger partial charge in [-0.1, -0.05) is 6.07 Å². The Balaban J connectivity index is 2.62. The number of aryl methyl sites for hydroxylation is 1. The molecular weight excluding hydrogens is 258 g/mol. The van der Waals surface area contributed by atoms with Crippen molar-refractivity contribution in [3.63, 3.8) is 0 Å². The lowest BCUT2D eigenvalue weighted by Crippen LogP contribution is -2.50. The maximum atomic E-state index is 12.0. The maximum absolute atomic E-state index is 12.0. The Morgan fingerprint density at radius 2 is 2.06 bits per heavy atom. The van der Waals surface area contributed by atoms with Crippen LogP contribution in [0.3, 0.4) is 0 Å². The van der Waals surface area contributed by atoms with E-state index in [1.54, 1.807) is 13.0 Å². The molecule has 1 atom stereocenters. The largest absolute Gasteiger partial charge is 0.467 e. The number of rotatable bonds is 1. The summed E-state index contributed by atoms with van der Waals surface area (Å²) in [6, 6.07) is 2.91. The predicted octanol–water partition coefficient (Wildman–Crippen LogP) is 0.0112. The van der Waals surface area contributed by atoms with E-state index in [1.807, 2.05) is 4.72 Å². The Morgan fingerprint density at radius 1 is 1.39 bits per heavy atom. The van der Waals surface area contributed by atoms with Crippen LogP contribution in [-0.2, 0) is 19.6 Å². The quantitative estimate of drug-likeness (QED) is 0.573. The van der Waals surface area contributed by atoms with Gasteiger partial charge in [0.1, 0.15) is 0 Å². The molecule has 1 aromatic rings. The van der Waals surface area contributed by atoms with E-state index >= 15 is 0 Å². The van der Waals surface area contributed by atoms with Gasteiger partial charge in [0, 0.05) is 5.56 Å². The summed E-state index contributed by atoms with van der Waals surface area (Å²) >= 11 is 0. The van der Waals surface area contributed by atoms with Crippen molar-refractivity contribution >= 4 is 21.8 Å². The second-order valence-corrected chi connectivity index (χ2v) is 5.62. The first-order chi connectivity index (χ1) is 8.36. The number of methoxy groups -OCH3 is 1. The van der Waals surface area contributed by atoms with Crippen molar-refractivity contribution in [3.05, 3.63) is 29.3 Å². The monoisotopic (exact) mass is 269 g/mol. The summed E-state index contributed by atoms with van der Waals surface area (Å²) in [4.78, 5) is 23.3. The number of nitrogens with one attached hydrogen (secondary N) is 1. The van der Waals surface area contributed by atoms with Crippen LogP contribution in [0.1, 0.15) is 15.9 Å². The third-order valence-corrected chi connectivity index (χ3v) is 4.13. The number of hydrogen-bond acceptors (Lipinski definition) is 5. The summed E-state index contributed by atoms with van der Waals surface area (Å²) in [5, 5.41) is 0. The number of carbonyl (C=O) groups excluding carboxylic acids is 2. The van der Waals surface area contributed by atoms with E-state index in [9.17, 15) is 18.0 Å². The molecule has 1 aliphatic heterocycles. The number of sulfonamides is 1. The average Bonchev–Trinajstić information content (AvgIpc) is 2.33. The van der Waals surface area contributed by atoms with E-state index in [1.165, 1.54) is 12.1 Å². The number of ketones is 1. The number of fused-ring (bicyclic) bond motifs is 1. The van der Waals surface area contributed by atoms with Gasteiger partial charge in [-0.05, 0) is 24.6 Å². The molecule has 1 aliphatic rings. The van der Waals surface area contributed by atoms with Gasteiger partial charge in [0.15, 0.2) is 11.8 Å². The van der Waals surface area contributed by atoms with Crippen molar-refractivity contribution < 1.29 is 22.7 Å². The molecule has 18 heavy (non-hydrogen) atoms. The van der Waals surface area contributed by atoms with Crippen LogP contribution >= 0.6 is 0 Å². The topological polar surface area (TPSA) is 89.5 Å². The number of carbonyl (C=O) groups is 2. The summed E-state index contributed by atoms with van der Waals surface area (Å²) in [5.74, 6) is -1.53. The first-order valence-electron chi connectivity index (χ1n) is 5.12. The van der Waals surface area contributed by atoms with Crippen LogP contribution in [0.15, 0.2) is 23.1 Å². The molecule has 0 aromatic heterocycles. The molecule has 0 spiro atoms. The van der Waals surface area contributed by atoms with E-state index in [0.29, 0.717) is 5.56 Å². The molecule has 0 aliphatic carbocycles. The smallest absolute Gasteiger partial charge is 0.332 e. The number of hydrogen-bond donors (Lipinski definition) is 1. The van der Waals surface area contributed by atoms with Crippen LogP contribution in [0.25, 0.3) is 0 Å². The molecule has 1 heterocycles. The lowest BCUT2D eigenvalue weighted by molar-refractivity contribution is -0.141. The Kier molecular flexibility index (Phi) is 2.95. The van der Waals surface area contributed by atoms with Gasteiger partial charge in [0.25, 0.3) is 0 Å². The van der Waals surface area contributed by atoms with E-state index in [2.05, 4.69) is 4.74 Å². The second-order valence-electron chi connectivity index (χ2n) is 3.94. The van der Waals surface area contributed by atoms with Crippen molar-refractivity contribution in [2.24, 2.45) is 0 Å². The Bertz CT molecular complexity index is 635. The molecule has 0 amide bonds.